The van der Waals surface area contributed by atoms with Crippen LogP contribution in [0.15, 0.2) is 68.0 Å². The summed E-state index contributed by atoms with van der Waals surface area (Å²) in [6.07, 6.45) is 1.65. The Morgan fingerprint density at radius 1 is 1.26 bits per heavy atom. The number of nitrogens with zero attached hydrogens (tertiary/aromatic N) is 2. The molecule has 0 radical (unpaired) electrons. The van der Waals surface area contributed by atoms with Crippen molar-refractivity contribution >= 4 is 39.3 Å². The number of phenols is 1. The molecule has 1 aromatic heterocycles. The number of carbonyl (C=O) groups excluding carboxylic acids is 1. The molecule has 0 aliphatic carbocycles. The number of halogens is 1. The largest absolute Gasteiger partial charge is 0.507 e. The fourth-order valence-corrected chi connectivity index (χ4v) is 5.37. The number of rotatable bonds is 5. The first-order valence-corrected chi connectivity index (χ1v) is 12.6. The van der Waals surface area contributed by atoms with E-state index in [0.717, 1.165) is 10.0 Å². The van der Waals surface area contributed by atoms with E-state index in [2.05, 4.69) is 34.8 Å². The van der Waals surface area contributed by atoms with Crippen LogP contribution in [-0.4, -0.2) is 22.2 Å². The molecule has 1 N–H and O–H groups in total. The molecule has 34 heavy (non-hydrogen) atoms. The topological polar surface area (TPSA) is 80.9 Å². The number of aromatic hydroxyl groups is 1. The second-order valence-corrected chi connectivity index (χ2v) is 10.3. The molecule has 0 fully saturated rings. The fraction of sp³-hybridized carbons (Fsp3) is 0.269. The minimum atomic E-state index is -0.658. The number of ether oxygens (including phenoxy) is 1. The van der Waals surface area contributed by atoms with Crippen molar-refractivity contribution in [1.82, 2.24) is 4.57 Å². The van der Waals surface area contributed by atoms with Gasteiger partial charge in [0.25, 0.3) is 5.56 Å². The third-order valence-corrected chi connectivity index (χ3v) is 7.19. The van der Waals surface area contributed by atoms with Crippen molar-refractivity contribution in [3.8, 4) is 5.75 Å². The summed E-state index contributed by atoms with van der Waals surface area (Å²) in [6, 6.07) is 12.3. The van der Waals surface area contributed by atoms with Crippen molar-refractivity contribution < 1.29 is 14.6 Å². The maximum atomic E-state index is 13.6. The van der Waals surface area contributed by atoms with Gasteiger partial charge in [0.1, 0.15) is 5.75 Å². The van der Waals surface area contributed by atoms with E-state index >= 15 is 0 Å². The van der Waals surface area contributed by atoms with E-state index in [-0.39, 0.29) is 17.9 Å². The molecule has 0 bridgehead atoms. The van der Waals surface area contributed by atoms with Gasteiger partial charge in [0.15, 0.2) is 4.80 Å². The molecule has 8 heteroatoms. The van der Waals surface area contributed by atoms with Gasteiger partial charge in [0, 0.05) is 10.0 Å². The molecule has 2 aromatic carbocycles. The molecule has 3 aromatic rings. The summed E-state index contributed by atoms with van der Waals surface area (Å²) in [5, 5.41) is 10.3. The highest BCUT2D eigenvalue weighted by molar-refractivity contribution is 9.10. The smallest absolute Gasteiger partial charge is 0.338 e. The standard InChI is InChI=1S/C26H25BrN2O4S/c1-5-33-25(32)22-15(4)28-26-29(23(22)17-8-6-16(7-9-17)14(2)3)24(31)21(34-26)13-18-12-19(27)10-11-20(18)30/h6-14,23,30H,5H2,1-4H3/b21-13-/t23-/m0/s1. The Labute approximate surface area is 209 Å². The van der Waals surface area contributed by atoms with Crippen LogP contribution in [0.2, 0.25) is 0 Å². The monoisotopic (exact) mass is 540 g/mol. The van der Waals surface area contributed by atoms with E-state index in [0.29, 0.717) is 32.1 Å². The molecular weight excluding hydrogens is 516 g/mol. The summed E-state index contributed by atoms with van der Waals surface area (Å²) < 4.78 is 8.08. The molecule has 6 nitrogen and oxygen atoms in total. The molecule has 0 saturated carbocycles. The molecule has 1 aliphatic heterocycles. The van der Waals surface area contributed by atoms with E-state index in [1.807, 2.05) is 24.3 Å². The Kier molecular flexibility index (Phi) is 6.91. The molecule has 0 spiro atoms. The fourth-order valence-electron chi connectivity index (χ4n) is 3.95. The van der Waals surface area contributed by atoms with Crippen LogP contribution in [0.25, 0.3) is 6.08 Å². The molecule has 1 aliphatic rings. The zero-order chi connectivity index (χ0) is 24.6. The summed E-state index contributed by atoms with van der Waals surface area (Å²) >= 11 is 4.62. The number of fused-ring (bicyclic) bond motifs is 1. The van der Waals surface area contributed by atoms with Crippen molar-refractivity contribution in [2.75, 3.05) is 6.61 Å². The Bertz CT molecular complexity index is 1470. The molecule has 1 atom stereocenters. The third-order valence-electron chi connectivity index (χ3n) is 5.71. The van der Waals surface area contributed by atoms with Crippen LogP contribution in [0.4, 0.5) is 0 Å². The first kappa shape index (κ1) is 24.2. The molecule has 0 amide bonds. The summed E-state index contributed by atoms with van der Waals surface area (Å²) in [6.45, 7) is 7.97. The van der Waals surface area contributed by atoms with Gasteiger partial charge in [0.05, 0.1) is 28.5 Å². The number of hydrogen-bond donors (Lipinski definition) is 1. The number of hydrogen-bond acceptors (Lipinski definition) is 6. The first-order chi connectivity index (χ1) is 16.2. The van der Waals surface area contributed by atoms with Gasteiger partial charge in [0.2, 0.25) is 0 Å². The van der Waals surface area contributed by atoms with Crippen LogP contribution in [0.3, 0.4) is 0 Å². The molecule has 4 rings (SSSR count). The highest BCUT2D eigenvalue weighted by Crippen LogP contribution is 2.31. The molecule has 0 saturated heterocycles. The third kappa shape index (κ3) is 4.52. The Morgan fingerprint density at radius 3 is 2.62 bits per heavy atom. The number of carbonyl (C=O) groups is 1. The lowest BCUT2D eigenvalue weighted by Crippen LogP contribution is -2.39. The van der Waals surface area contributed by atoms with Gasteiger partial charge in [-0.15, -0.1) is 0 Å². The summed E-state index contributed by atoms with van der Waals surface area (Å²) in [5.74, 6) is -0.0606. The quantitative estimate of drug-likeness (QED) is 0.486. The van der Waals surface area contributed by atoms with E-state index < -0.39 is 12.0 Å². The maximum absolute atomic E-state index is 13.6. The molecule has 176 valence electrons. The van der Waals surface area contributed by atoms with E-state index in [1.165, 1.54) is 16.9 Å². The summed E-state index contributed by atoms with van der Waals surface area (Å²) in [4.78, 5) is 31.7. The number of allylic oxidation sites excluding steroid dienone is 1. The number of phenolic OH excluding ortho intramolecular Hbond substituents is 1. The predicted molar refractivity (Wildman–Crippen MR) is 137 cm³/mol. The average molecular weight is 541 g/mol. The van der Waals surface area contributed by atoms with Crippen LogP contribution in [0, 0.1) is 0 Å². The number of esters is 1. The van der Waals surface area contributed by atoms with Crippen molar-refractivity contribution in [2.45, 2.75) is 39.7 Å². The van der Waals surface area contributed by atoms with Gasteiger partial charge in [-0.2, -0.15) is 0 Å². The highest BCUT2D eigenvalue weighted by atomic mass is 79.9. The van der Waals surface area contributed by atoms with Crippen LogP contribution in [0.5, 0.6) is 5.75 Å². The van der Waals surface area contributed by atoms with Crippen molar-refractivity contribution in [3.63, 3.8) is 0 Å². The number of thiazole rings is 1. The van der Waals surface area contributed by atoms with Gasteiger partial charge in [-0.25, -0.2) is 9.79 Å². The van der Waals surface area contributed by atoms with Crippen molar-refractivity contribution in [2.24, 2.45) is 4.99 Å². The average Bonchev–Trinajstić information content (AvgIpc) is 3.10. The zero-order valence-electron chi connectivity index (χ0n) is 19.3. The van der Waals surface area contributed by atoms with Crippen LogP contribution < -0.4 is 14.9 Å². The lowest BCUT2D eigenvalue weighted by atomic mass is 9.93. The highest BCUT2D eigenvalue weighted by Gasteiger charge is 2.33. The lowest BCUT2D eigenvalue weighted by molar-refractivity contribution is -0.139. The van der Waals surface area contributed by atoms with Crippen LogP contribution in [0.1, 0.15) is 56.3 Å². The van der Waals surface area contributed by atoms with Gasteiger partial charge in [-0.3, -0.25) is 9.36 Å². The molecule has 2 heterocycles. The van der Waals surface area contributed by atoms with E-state index in [1.54, 1.807) is 42.7 Å². The lowest BCUT2D eigenvalue weighted by Gasteiger charge is -2.25. The Morgan fingerprint density at radius 2 is 1.97 bits per heavy atom. The van der Waals surface area contributed by atoms with Crippen molar-refractivity contribution in [1.29, 1.82) is 0 Å². The SMILES string of the molecule is CCOC(=O)C1=C(C)N=c2s/c(=C\c3cc(Br)ccc3O)c(=O)n2[C@H]1c1ccc(C(C)C)cc1. The van der Waals surface area contributed by atoms with Crippen LogP contribution >= 0.6 is 27.3 Å². The molecule has 0 unspecified atom stereocenters. The first-order valence-electron chi connectivity index (χ1n) is 11.0. The second-order valence-electron chi connectivity index (χ2n) is 8.33. The Balaban J connectivity index is 1.95. The summed E-state index contributed by atoms with van der Waals surface area (Å²) in [7, 11) is 0. The van der Waals surface area contributed by atoms with Crippen molar-refractivity contribution in [3.05, 3.63) is 94.6 Å². The normalized spacial score (nSPS) is 15.9. The number of aromatic nitrogens is 1. The van der Waals surface area contributed by atoms with Gasteiger partial charge >= 0.3 is 5.97 Å². The predicted octanol–water partition coefficient (Wildman–Crippen LogP) is 4.39. The summed E-state index contributed by atoms with van der Waals surface area (Å²) in [5.41, 5.74) is 3.08. The van der Waals surface area contributed by atoms with Gasteiger partial charge in [-0.1, -0.05) is 65.4 Å². The second kappa shape index (κ2) is 9.72. The van der Waals surface area contributed by atoms with E-state index in [4.69, 9.17) is 4.74 Å². The van der Waals surface area contributed by atoms with Gasteiger partial charge < -0.3 is 9.84 Å². The zero-order valence-corrected chi connectivity index (χ0v) is 21.7. The van der Waals surface area contributed by atoms with E-state index in [9.17, 15) is 14.7 Å². The van der Waals surface area contributed by atoms with Gasteiger partial charge in [-0.05, 0) is 55.2 Å². The minimum Gasteiger partial charge on any atom is -0.507 e. The maximum Gasteiger partial charge on any atom is 0.338 e. The minimum absolute atomic E-state index is 0.0678. The number of benzene rings is 2. The Hall–Kier alpha value is -2.97. The molecular formula is C26H25BrN2O4S. The van der Waals surface area contributed by atoms with Crippen LogP contribution in [-0.2, 0) is 9.53 Å².